The van der Waals surface area contributed by atoms with Gasteiger partial charge in [0.15, 0.2) is 0 Å². The molecule has 0 bridgehead atoms. The number of nitrogens with one attached hydrogen (secondary N) is 2. The first-order chi connectivity index (χ1) is 9.67. The van der Waals surface area contributed by atoms with Crippen molar-refractivity contribution in [2.24, 2.45) is 0 Å². The molecule has 1 saturated heterocycles. The van der Waals surface area contributed by atoms with Gasteiger partial charge in [0, 0.05) is 6.54 Å². The molecule has 0 saturated carbocycles. The number of carbonyl (C=O) groups excluding carboxylic acids is 2. The summed E-state index contributed by atoms with van der Waals surface area (Å²) < 4.78 is 0. The molecule has 104 valence electrons. The van der Waals surface area contributed by atoms with E-state index in [-0.39, 0.29) is 24.9 Å². The summed E-state index contributed by atoms with van der Waals surface area (Å²) in [6, 6.07) is 1.90. The van der Waals surface area contributed by atoms with Crippen LogP contribution in [0.3, 0.4) is 0 Å². The highest BCUT2D eigenvalue weighted by Gasteiger charge is 2.25. The summed E-state index contributed by atoms with van der Waals surface area (Å²) >= 11 is 1.50. The van der Waals surface area contributed by atoms with Crippen molar-refractivity contribution >= 4 is 45.1 Å². The molecule has 2 amide bonds. The first kappa shape index (κ1) is 12.8. The number of thiophene rings is 1. The highest BCUT2D eigenvalue weighted by molar-refractivity contribution is 7.16. The lowest BCUT2D eigenvalue weighted by Crippen LogP contribution is -2.51. The zero-order valence-corrected chi connectivity index (χ0v) is 11.7. The Labute approximate surface area is 119 Å². The summed E-state index contributed by atoms with van der Waals surface area (Å²) in [5.74, 6) is 0.507. The molecule has 0 atom stereocenters. The summed E-state index contributed by atoms with van der Waals surface area (Å²) in [5.41, 5.74) is 0. The third-order valence-corrected chi connectivity index (χ3v) is 3.69. The lowest BCUT2D eigenvalue weighted by molar-refractivity contribution is -0.130. The predicted molar refractivity (Wildman–Crippen MR) is 76.9 cm³/mol. The van der Waals surface area contributed by atoms with Gasteiger partial charge in [-0.15, -0.1) is 11.3 Å². The van der Waals surface area contributed by atoms with Crippen molar-refractivity contribution in [3.05, 3.63) is 11.4 Å². The summed E-state index contributed by atoms with van der Waals surface area (Å²) in [7, 11) is 0. The van der Waals surface area contributed by atoms with E-state index in [1.54, 1.807) is 4.90 Å². The number of fused-ring (bicyclic) bond motifs is 1. The quantitative estimate of drug-likeness (QED) is 0.805. The minimum Gasteiger partial charge on any atom is -0.354 e. The molecule has 3 heterocycles. The van der Waals surface area contributed by atoms with Crippen LogP contribution in [-0.2, 0) is 9.59 Å². The van der Waals surface area contributed by atoms with E-state index in [2.05, 4.69) is 20.6 Å². The van der Waals surface area contributed by atoms with Crippen LogP contribution in [0.2, 0.25) is 0 Å². The van der Waals surface area contributed by atoms with Crippen molar-refractivity contribution in [3.63, 3.8) is 0 Å². The average Bonchev–Trinajstić information content (AvgIpc) is 2.85. The van der Waals surface area contributed by atoms with Crippen molar-refractivity contribution in [3.8, 4) is 0 Å². The SMILES string of the molecule is CCNc1nc(N2CC(=O)NC(=O)C2)c2ccsc2n1. The van der Waals surface area contributed by atoms with Crippen molar-refractivity contribution < 1.29 is 9.59 Å². The number of nitrogens with zero attached hydrogens (tertiary/aromatic N) is 3. The molecule has 3 rings (SSSR count). The van der Waals surface area contributed by atoms with Crippen LogP contribution in [0, 0.1) is 0 Å². The standard InChI is InChI=1S/C12H13N5O2S/c1-2-13-12-15-10(7-3-4-20-11(7)16-12)17-5-8(18)14-9(19)6-17/h3-4H,2,5-6H2,1H3,(H,13,15,16)(H,14,18,19). The van der Waals surface area contributed by atoms with E-state index in [9.17, 15) is 9.59 Å². The van der Waals surface area contributed by atoms with Crippen LogP contribution in [0.1, 0.15) is 6.92 Å². The molecule has 2 N–H and O–H groups in total. The fourth-order valence-corrected chi connectivity index (χ4v) is 2.86. The van der Waals surface area contributed by atoms with E-state index in [0.717, 1.165) is 10.2 Å². The van der Waals surface area contributed by atoms with Gasteiger partial charge in [0.05, 0.1) is 18.5 Å². The van der Waals surface area contributed by atoms with Crippen molar-refractivity contribution in [1.82, 2.24) is 15.3 Å². The maximum Gasteiger partial charge on any atom is 0.246 e. The lowest BCUT2D eigenvalue weighted by Gasteiger charge is -2.27. The Bertz CT molecular complexity index is 668. The predicted octanol–water partition coefficient (Wildman–Crippen LogP) is 0.586. The van der Waals surface area contributed by atoms with E-state index in [0.29, 0.717) is 18.3 Å². The Hall–Kier alpha value is -2.22. The number of aromatic nitrogens is 2. The second kappa shape index (κ2) is 5.04. The molecule has 7 nitrogen and oxygen atoms in total. The van der Waals surface area contributed by atoms with E-state index in [4.69, 9.17) is 0 Å². The van der Waals surface area contributed by atoms with Crippen molar-refractivity contribution in [2.45, 2.75) is 6.92 Å². The van der Waals surface area contributed by atoms with Crippen LogP contribution in [0.5, 0.6) is 0 Å². The van der Waals surface area contributed by atoms with Gasteiger partial charge < -0.3 is 10.2 Å². The Morgan fingerprint density at radius 2 is 2.10 bits per heavy atom. The lowest BCUT2D eigenvalue weighted by atomic mass is 10.3. The van der Waals surface area contributed by atoms with Gasteiger partial charge in [-0.25, -0.2) is 4.98 Å². The third-order valence-electron chi connectivity index (χ3n) is 2.89. The van der Waals surface area contributed by atoms with Gasteiger partial charge in [-0.05, 0) is 18.4 Å². The molecule has 2 aromatic heterocycles. The maximum absolute atomic E-state index is 11.5. The number of hydrogen-bond donors (Lipinski definition) is 2. The zero-order chi connectivity index (χ0) is 14.1. The number of imide groups is 1. The van der Waals surface area contributed by atoms with Gasteiger partial charge in [0.25, 0.3) is 0 Å². The van der Waals surface area contributed by atoms with Gasteiger partial charge in [0.2, 0.25) is 17.8 Å². The molecule has 1 fully saturated rings. The van der Waals surface area contributed by atoms with E-state index in [1.165, 1.54) is 11.3 Å². The number of anilines is 2. The molecule has 0 radical (unpaired) electrons. The highest BCUT2D eigenvalue weighted by atomic mass is 32.1. The minimum atomic E-state index is -0.312. The van der Waals surface area contributed by atoms with Gasteiger partial charge in [-0.2, -0.15) is 4.98 Å². The Balaban J connectivity index is 2.06. The first-order valence-corrected chi connectivity index (χ1v) is 7.12. The molecule has 0 unspecified atom stereocenters. The topological polar surface area (TPSA) is 87.2 Å². The van der Waals surface area contributed by atoms with E-state index < -0.39 is 0 Å². The molecular formula is C12H13N5O2S. The monoisotopic (exact) mass is 291 g/mol. The van der Waals surface area contributed by atoms with E-state index >= 15 is 0 Å². The van der Waals surface area contributed by atoms with Crippen LogP contribution in [0.15, 0.2) is 11.4 Å². The molecule has 1 aliphatic rings. The van der Waals surface area contributed by atoms with Crippen LogP contribution >= 0.6 is 11.3 Å². The minimum absolute atomic E-state index is 0.124. The number of rotatable bonds is 3. The van der Waals surface area contributed by atoms with Gasteiger partial charge in [-0.3, -0.25) is 14.9 Å². The summed E-state index contributed by atoms with van der Waals surface area (Å²) in [5, 5.41) is 8.13. The number of amides is 2. The molecule has 20 heavy (non-hydrogen) atoms. The maximum atomic E-state index is 11.5. The summed E-state index contributed by atoms with van der Waals surface area (Å²) in [6.45, 7) is 2.91. The molecule has 2 aromatic rings. The zero-order valence-electron chi connectivity index (χ0n) is 10.8. The van der Waals surface area contributed by atoms with Crippen LogP contribution in [0.4, 0.5) is 11.8 Å². The molecule has 0 aliphatic carbocycles. The molecular weight excluding hydrogens is 278 g/mol. The van der Waals surface area contributed by atoms with Crippen LogP contribution < -0.4 is 15.5 Å². The van der Waals surface area contributed by atoms with Crippen LogP contribution in [0.25, 0.3) is 10.2 Å². The Morgan fingerprint density at radius 3 is 2.80 bits per heavy atom. The van der Waals surface area contributed by atoms with Gasteiger partial charge in [-0.1, -0.05) is 0 Å². The summed E-state index contributed by atoms with van der Waals surface area (Å²) in [4.78, 5) is 34.4. The van der Waals surface area contributed by atoms with E-state index in [1.807, 2.05) is 18.4 Å². The number of carbonyl (C=O) groups is 2. The second-order valence-corrected chi connectivity index (χ2v) is 5.26. The van der Waals surface area contributed by atoms with Crippen molar-refractivity contribution in [1.29, 1.82) is 0 Å². The first-order valence-electron chi connectivity index (χ1n) is 6.24. The Kier molecular flexibility index (Phi) is 3.23. The fourth-order valence-electron chi connectivity index (χ4n) is 2.10. The fraction of sp³-hybridized carbons (Fsp3) is 0.333. The molecule has 0 spiro atoms. The average molecular weight is 291 g/mol. The Morgan fingerprint density at radius 1 is 1.35 bits per heavy atom. The molecule has 8 heteroatoms. The van der Waals surface area contributed by atoms with Gasteiger partial charge >= 0.3 is 0 Å². The normalized spacial score (nSPS) is 15.6. The largest absolute Gasteiger partial charge is 0.354 e. The third kappa shape index (κ3) is 2.29. The second-order valence-electron chi connectivity index (χ2n) is 4.37. The van der Waals surface area contributed by atoms with Crippen molar-refractivity contribution in [2.75, 3.05) is 29.9 Å². The molecule has 0 aromatic carbocycles. The molecule has 1 aliphatic heterocycles. The number of hydrogen-bond acceptors (Lipinski definition) is 7. The number of piperazine rings is 1. The highest BCUT2D eigenvalue weighted by Crippen LogP contribution is 2.29. The van der Waals surface area contributed by atoms with Crippen LogP contribution in [-0.4, -0.2) is 41.4 Å². The summed E-state index contributed by atoms with van der Waals surface area (Å²) in [6.07, 6.45) is 0. The van der Waals surface area contributed by atoms with Gasteiger partial charge in [0.1, 0.15) is 10.6 Å². The smallest absolute Gasteiger partial charge is 0.246 e.